The van der Waals surface area contributed by atoms with Crippen LogP contribution in [0, 0.1) is 0 Å². The smallest absolute Gasteiger partial charge is 0.233 e. The number of thioether (sulfide) groups is 1. The molecule has 0 saturated heterocycles. The lowest BCUT2D eigenvalue weighted by Crippen LogP contribution is -2.28. The summed E-state index contributed by atoms with van der Waals surface area (Å²) in [7, 11) is 3.44. The van der Waals surface area contributed by atoms with Gasteiger partial charge in [0.25, 0.3) is 0 Å². The van der Waals surface area contributed by atoms with Crippen molar-refractivity contribution in [3.63, 3.8) is 0 Å². The van der Waals surface area contributed by atoms with Crippen molar-refractivity contribution in [1.29, 1.82) is 0 Å². The van der Waals surface area contributed by atoms with E-state index >= 15 is 0 Å². The van der Waals surface area contributed by atoms with Crippen LogP contribution in [0.4, 0.5) is 0 Å². The zero-order valence-corrected chi connectivity index (χ0v) is 19.3. The zero-order chi connectivity index (χ0) is 21.5. The number of amides is 1. The Morgan fingerprint density at radius 2 is 1.97 bits per heavy atom. The topological polar surface area (TPSA) is 60.2 Å². The minimum atomic E-state index is 0.0231. The second kappa shape index (κ2) is 10.4. The van der Waals surface area contributed by atoms with Gasteiger partial charge in [0, 0.05) is 30.2 Å². The van der Waals surface area contributed by atoms with Crippen LogP contribution in [0.25, 0.3) is 11.4 Å². The highest BCUT2D eigenvalue weighted by molar-refractivity contribution is 9.10. The van der Waals surface area contributed by atoms with E-state index in [0.717, 1.165) is 27.2 Å². The third-order valence-corrected chi connectivity index (χ3v) is 6.22. The SMILES string of the molecule is C=CCn1c(SCC(=O)N(C)Cc2ccccc2Br)nnc1-c1ccc(OC)cc1. The van der Waals surface area contributed by atoms with Gasteiger partial charge in [-0.1, -0.05) is 52.0 Å². The first-order valence-electron chi connectivity index (χ1n) is 9.32. The molecule has 0 aliphatic carbocycles. The molecular formula is C22H23BrN4O2S. The summed E-state index contributed by atoms with van der Waals surface area (Å²) in [4.78, 5) is 14.4. The number of methoxy groups -OCH3 is 1. The summed E-state index contributed by atoms with van der Waals surface area (Å²) in [5, 5.41) is 9.32. The Labute approximate surface area is 189 Å². The van der Waals surface area contributed by atoms with E-state index in [-0.39, 0.29) is 11.7 Å². The average Bonchev–Trinajstić information content (AvgIpc) is 3.16. The van der Waals surface area contributed by atoms with E-state index in [9.17, 15) is 4.79 Å². The van der Waals surface area contributed by atoms with E-state index < -0.39 is 0 Å². The van der Waals surface area contributed by atoms with Gasteiger partial charge in [-0.2, -0.15) is 0 Å². The first-order chi connectivity index (χ1) is 14.5. The van der Waals surface area contributed by atoms with Crippen molar-refractivity contribution in [2.75, 3.05) is 19.9 Å². The van der Waals surface area contributed by atoms with Crippen LogP contribution in [0.1, 0.15) is 5.56 Å². The van der Waals surface area contributed by atoms with Crippen molar-refractivity contribution in [2.45, 2.75) is 18.2 Å². The number of nitrogens with zero attached hydrogens (tertiary/aromatic N) is 4. The van der Waals surface area contributed by atoms with Gasteiger partial charge in [-0.3, -0.25) is 9.36 Å². The normalized spacial score (nSPS) is 10.6. The van der Waals surface area contributed by atoms with Crippen molar-refractivity contribution in [3.8, 4) is 17.1 Å². The van der Waals surface area contributed by atoms with Crippen molar-refractivity contribution >= 4 is 33.6 Å². The Kier molecular flexibility index (Phi) is 7.70. The van der Waals surface area contributed by atoms with E-state index in [4.69, 9.17) is 4.74 Å². The predicted octanol–water partition coefficient (Wildman–Crippen LogP) is 4.65. The maximum Gasteiger partial charge on any atom is 0.233 e. The second-order valence-electron chi connectivity index (χ2n) is 6.56. The van der Waals surface area contributed by atoms with Gasteiger partial charge in [0.2, 0.25) is 5.91 Å². The molecule has 1 heterocycles. The Morgan fingerprint density at radius 1 is 1.23 bits per heavy atom. The fourth-order valence-electron chi connectivity index (χ4n) is 2.85. The minimum Gasteiger partial charge on any atom is -0.497 e. The highest BCUT2D eigenvalue weighted by Crippen LogP contribution is 2.26. The van der Waals surface area contributed by atoms with Crippen molar-refractivity contribution in [2.24, 2.45) is 0 Å². The van der Waals surface area contributed by atoms with Gasteiger partial charge in [0.05, 0.1) is 12.9 Å². The van der Waals surface area contributed by atoms with Crippen molar-refractivity contribution < 1.29 is 9.53 Å². The average molecular weight is 487 g/mol. The highest BCUT2D eigenvalue weighted by Gasteiger charge is 2.17. The fraction of sp³-hybridized carbons (Fsp3) is 0.227. The van der Waals surface area contributed by atoms with Gasteiger partial charge in [-0.05, 0) is 35.9 Å². The lowest BCUT2D eigenvalue weighted by Gasteiger charge is -2.18. The molecule has 3 rings (SSSR count). The largest absolute Gasteiger partial charge is 0.497 e. The molecule has 0 N–H and O–H groups in total. The number of aromatic nitrogens is 3. The molecular weight excluding hydrogens is 464 g/mol. The monoisotopic (exact) mass is 486 g/mol. The molecule has 0 spiro atoms. The Bertz CT molecular complexity index is 1020. The zero-order valence-electron chi connectivity index (χ0n) is 16.9. The number of allylic oxidation sites excluding steroid dienone is 1. The van der Waals surface area contributed by atoms with E-state index in [0.29, 0.717) is 18.2 Å². The summed E-state index contributed by atoms with van der Waals surface area (Å²) in [5.41, 5.74) is 1.99. The number of carbonyl (C=O) groups is 1. The summed E-state index contributed by atoms with van der Waals surface area (Å²) in [6, 6.07) is 15.5. The molecule has 3 aromatic rings. The Balaban J connectivity index is 1.70. The third kappa shape index (κ3) is 5.31. The number of rotatable bonds is 9. The minimum absolute atomic E-state index is 0.0231. The first-order valence-corrected chi connectivity index (χ1v) is 11.1. The molecule has 0 aliphatic heterocycles. The number of benzene rings is 2. The molecule has 0 aliphatic rings. The maximum atomic E-state index is 12.6. The standard InChI is InChI=1S/C22H23BrN4O2S/c1-4-13-27-21(16-9-11-18(29-3)12-10-16)24-25-22(27)30-15-20(28)26(2)14-17-7-5-6-8-19(17)23/h4-12H,1,13-15H2,2-3H3. The van der Waals surface area contributed by atoms with Crippen LogP contribution in [-0.4, -0.2) is 45.5 Å². The molecule has 0 radical (unpaired) electrons. The first kappa shape index (κ1) is 22.1. The molecule has 1 amide bonds. The van der Waals surface area contributed by atoms with E-state index in [1.165, 1.54) is 11.8 Å². The molecule has 0 bridgehead atoms. The van der Waals surface area contributed by atoms with Gasteiger partial charge in [0.15, 0.2) is 11.0 Å². The van der Waals surface area contributed by atoms with E-state index in [1.54, 1.807) is 25.1 Å². The van der Waals surface area contributed by atoms with E-state index in [2.05, 4.69) is 32.7 Å². The van der Waals surface area contributed by atoms with Crippen molar-refractivity contribution in [3.05, 3.63) is 71.2 Å². The van der Waals surface area contributed by atoms with Crippen molar-refractivity contribution in [1.82, 2.24) is 19.7 Å². The van der Waals surface area contributed by atoms with E-state index in [1.807, 2.05) is 53.1 Å². The number of halogens is 1. The molecule has 1 aromatic heterocycles. The van der Waals surface area contributed by atoms with Crippen LogP contribution >= 0.6 is 27.7 Å². The summed E-state index contributed by atoms with van der Waals surface area (Å²) >= 11 is 4.90. The molecule has 8 heteroatoms. The summed E-state index contributed by atoms with van der Waals surface area (Å²) in [5.74, 6) is 1.81. The molecule has 6 nitrogen and oxygen atoms in total. The van der Waals surface area contributed by atoms with Crippen LogP contribution in [-0.2, 0) is 17.9 Å². The second-order valence-corrected chi connectivity index (χ2v) is 8.36. The summed E-state index contributed by atoms with van der Waals surface area (Å²) in [6.45, 7) is 4.92. The predicted molar refractivity (Wildman–Crippen MR) is 124 cm³/mol. The summed E-state index contributed by atoms with van der Waals surface area (Å²) < 4.78 is 8.17. The lowest BCUT2D eigenvalue weighted by molar-refractivity contribution is -0.127. The number of hydrogen-bond donors (Lipinski definition) is 0. The molecule has 0 saturated carbocycles. The quantitative estimate of drug-likeness (QED) is 0.325. The van der Waals surface area contributed by atoms with Crippen LogP contribution in [0.2, 0.25) is 0 Å². The Morgan fingerprint density at radius 3 is 2.63 bits per heavy atom. The maximum absolute atomic E-state index is 12.6. The molecule has 2 aromatic carbocycles. The lowest BCUT2D eigenvalue weighted by atomic mass is 10.2. The number of ether oxygens (including phenoxy) is 1. The highest BCUT2D eigenvalue weighted by atomic mass is 79.9. The fourth-order valence-corrected chi connectivity index (χ4v) is 4.15. The number of hydrogen-bond acceptors (Lipinski definition) is 5. The van der Waals surface area contributed by atoms with Gasteiger partial charge < -0.3 is 9.64 Å². The molecule has 156 valence electrons. The van der Waals surface area contributed by atoms with Crippen LogP contribution in [0.5, 0.6) is 5.75 Å². The molecule has 30 heavy (non-hydrogen) atoms. The Hall–Kier alpha value is -2.58. The third-order valence-electron chi connectivity index (χ3n) is 4.49. The van der Waals surface area contributed by atoms with Gasteiger partial charge in [0.1, 0.15) is 5.75 Å². The van der Waals surface area contributed by atoms with Crippen LogP contribution in [0.3, 0.4) is 0 Å². The molecule has 0 unspecified atom stereocenters. The number of carbonyl (C=O) groups excluding carboxylic acids is 1. The summed E-state index contributed by atoms with van der Waals surface area (Å²) in [6.07, 6.45) is 1.79. The van der Waals surface area contributed by atoms with Gasteiger partial charge in [-0.25, -0.2) is 0 Å². The van der Waals surface area contributed by atoms with Gasteiger partial charge in [-0.15, -0.1) is 16.8 Å². The van der Waals surface area contributed by atoms with Crippen LogP contribution < -0.4 is 4.74 Å². The molecule has 0 atom stereocenters. The van der Waals surface area contributed by atoms with Crippen LogP contribution in [0.15, 0.2) is 70.8 Å². The van der Waals surface area contributed by atoms with Gasteiger partial charge >= 0.3 is 0 Å². The molecule has 0 fully saturated rings.